The van der Waals surface area contributed by atoms with Crippen molar-refractivity contribution in [3.8, 4) is 5.75 Å². The first-order valence-electron chi connectivity index (χ1n) is 12.9. The van der Waals surface area contributed by atoms with E-state index >= 15 is 0 Å². The first kappa shape index (κ1) is 24.8. The zero-order valence-corrected chi connectivity index (χ0v) is 20.8. The van der Waals surface area contributed by atoms with Crippen LogP contribution in [0.2, 0.25) is 0 Å². The topological polar surface area (TPSA) is 53.1 Å². The van der Waals surface area contributed by atoms with E-state index in [4.69, 9.17) is 4.74 Å². The fourth-order valence-corrected chi connectivity index (χ4v) is 5.34. The van der Waals surface area contributed by atoms with Gasteiger partial charge >= 0.3 is 0 Å². The first-order chi connectivity index (χ1) is 18.1. The minimum atomic E-state index is -0.292. The fraction of sp³-hybridized carbons (Fsp3) is 0.333. The number of anilines is 1. The molecule has 5 rings (SSSR count). The Balaban J connectivity index is 1.26. The number of hydrogen-bond acceptors (Lipinski definition) is 4. The molecule has 192 valence electrons. The number of benzene rings is 3. The van der Waals surface area contributed by atoms with E-state index in [0.717, 1.165) is 5.56 Å². The van der Waals surface area contributed by atoms with Crippen LogP contribution in [0.25, 0.3) is 0 Å². The molecule has 2 heterocycles. The van der Waals surface area contributed by atoms with Gasteiger partial charge in [-0.1, -0.05) is 60.7 Å². The van der Waals surface area contributed by atoms with Crippen molar-refractivity contribution in [2.75, 3.05) is 50.8 Å². The molecule has 2 aliphatic rings. The van der Waals surface area contributed by atoms with Crippen molar-refractivity contribution in [2.24, 2.45) is 5.92 Å². The lowest BCUT2D eigenvalue weighted by atomic mass is 9.83. The summed E-state index contributed by atoms with van der Waals surface area (Å²) in [5.74, 6) is 0.131. The van der Waals surface area contributed by atoms with Crippen LogP contribution in [0.4, 0.5) is 10.1 Å². The van der Waals surface area contributed by atoms with Crippen LogP contribution < -0.4 is 9.64 Å². The molecule has 2 fully saturated rings. The molecule has 6 nitrogen and oxygen atoms in total. The Labute approximate surface area is 217 Å². The number of hydrogen-bond donors (Lipinski definition) is 0. The van der Waals surface area contributed by atoms with E-state index in [-0.39, 0.29) is 36.1 Å². The average Bonchev–Trinajstić information content (AvgIpc) is 2.96. The van der Waals surface area contributed by atoms with Crippen molar-refractivity contribution < 1.29 is 18.7 Å². The lowest BCUT2D eigenvalue weighted by Gasteiger charge is -2.41. The number of likely N-dealkylation sites (tertiary alicyclic amines) is 1. The van der Waals surface area contributed by atoms with Crippen molar-refractivity contribution in [3.63, 3.8) is 0 Å². The quantitative estimate of drug-likeness (QED) is 0.509. The van der Waals surface area contributed by atoms with Crippen LogP contribution in [-0.2, 0) is 9.59 Å². The van der Waals surface area contributed by atoms with E-state index < -0.39 is 0 Å². The number of ether oxygens (including phenoxy) is 1. The predicted molar refractivity (Wildman–Crippen MR) is 141 cm³/mol. The molecule has 2 saturated heterocycles. The molecule has 37 heavy (non-hydrogen) atoms. The summed E-state index contributed by atoms with van der Waals surface area (Å²) in [6.07, 6.45) is 0.694. The Morgan fingerprint density at radius 2 is 1.43 bits per heavy atom. The maximum absolute atomic E-state index is 14.2. The summed E-state index contributed by atoms with van der Waals surface area (Å²) in [5.41, 5.74) is 1.71. The van der Waals surface area contributed by atoms with Gasteiger partial charge in [0.05, 0.1) is 11.6 Å². The number of halogens is 1. The average molecular weight is 502 g/mol. The summed E-state index contributed by atoms with van der Waals surface area (Å²) in [7, 11) is 0. The number of carbonyl (C=O) groups excluding carboxylic acids is 2. The zero-order chi connectivity index (χ0) is 25.6. The lowest BCUT2D eigenvalue weighted by Crippen LogP contribution is -2.54. The number of nitrogens with zero attached hydrogens (tertiary/aromatic N) is 3. The van der Waals surface area contributed by atoms with Crippen molar-refractivity contribution in [3.05, 3.63) is 96.3 Å². The van der Waals surface area contributed by atoms with Crippen LogP contribution in [-0.4, -0.2) is 67.5 Å². The van der Waals surface area contributed by atoms with Gasteiger partial charge in [-0.2, -0.15) is 0 Å². The first-order valence-corrected chi connectivity index (χ1v) is 12.9. The van der Waals surface area contributed by atoms with E-state index in [9.17, 15) is 14.0 Å². The summed E-state index contributed by atoms with van der Waals surface area (Å²) in [6, 6.07) is 26.1. The molecule has 0 unspecified atom stereocenters. The largest absolute Gasteiger partial charge is 0.484 e. The molecule has 2 aliphatic heterocycles. The van der Waals surface area contributed by atoms with Gasteiger partial charge in [0.25, 0.3) is 5.91 Å². The third kappa shape index (κ3) is 5.93. The number of piperazine rings is 1. The molecule has 0 N–H and O–H groups in total. The standard InChI is InChI=1S/C30H32FN3O3/c31-27-13-7-8-14-28(27)32-15-17-33(18-16-32)30(36)25-19-24(23-9-3-1-4-10-23)20-34(21-25)29(35)22-37-26-11-5-2-6-12-26/h1-14,24-25H,15-22H2/t24-,25-/m1/s1. The van der Waals surface area contributed by atoms with E-state index in [1.54, 1.807) is 17.0 Å². The molecular weight excluding hydrogens is 469 g/mol. The highest BCUT2D eigenvalue weighted by Crippen LogP contribution is 2.32. The number of para-hydroxylation sites is 2. The van der Waals surface area contributed by atoms with E-state index in [0.29, 0.717) is 57.1 Å². The van der Waals surface area contributed by atoms with Gasteiger partial charge in [-0.15, -0.1) is 0 Å². The van der Waals surface area contributed by atoms with E-state index in [1.165, 1.54) is 6.07 Å². The second-order valence-electron chi connectivity index (χ2n) is 9.70. The van der Waals surface area contributed by atoms with Crippen LogP contribution in [0.5, 0.6) is 5.75 Å². The van der Waals surface area contributed by atoms with Crippen molar-refractivity contribution in [1.82, 2.24) is 9.80 Å². The minimum absolute atomic E-state index is 0.0618. The van der Waals surface area contributed by atoms with Crippen molar-refractivity contribution >= 4 is 17.5 Å². The summed E-state index contributed by atoms with van der Waals surface area (Å²) in [6.45, 7) is 3.10. The molecule has 0 spiro atoms. The van der Waals surface area contributed by atoms with Crippen molar-refractivity contribution in [2.45, 2.75) is 12.3 Å². The Morgan fingerprint density at radius 3 is 2.14 bits per heavy atom. The molecule has 0 aliphatic carbocycles. The smallest absolute Gasteiger partial charge is 0.260 e. The van der Waals surface area contributed by atoms with Gasteiger partial charge in [-0.05, 0) is 36.2 Å². The number of amides is 2. The summed E-state index contributed by atoms with van der Waals surface area (Å²) in [5, 5.41) is 0. The highest BCUT2D eigenvalue weighted by Gasteiger charge is 2.37. The fourth-order valence-electron chi connectivity index (χ4n) is 5.34. The Morgan fingerprint density at radius 1 is 0.784 bits per heavy atom. The van der Waals surface area contributed by atoms with Crippen LogP contribution in [0.15, 0.2) is 84.9 Å². The Hall–Kier alpha value is -3.87. The van der Waals surface area contributed by atoms with Gasteiger partial charge in [0.2, 0.25) is 5.91 Å². The van der Waals surface area contributed by atoms with Gasteiger partial charge in [-0.25, -0.2) is 4.39 Å². The number of carbonyl (C=O) groups is 2. The molecule has 0 aromatic heterocycles. The van der Waals surface area contributed by atoms with Gasteiger partial charge in [0, 0.05) is 45.2 Å². The summed E-state index contributed by atoms with van der Waals surface area (Å²) in [4.78, 5) is 32.5. The molecule has 0 radical (unpaired) electrons. The van der Waals surface area contributed by atoms with Crippen LogP contribution in [0, 0.1) is 11.7 Å². The van der Waals surface area contributed by atoms with E-state index in [1.807, 2.05) is 64.4 Å². The second kappa shape index (κ2) is 11.5. The maximum Gasteiger partial charge on any atom is 0.260 e. The molecular formula is C30H32FN3O3. The second-order valence-corrected chi connectivity index (χ2v) is 9.70. The minimum Gasteiger partial charge on any atom is -0.484 e. The highest BCUT2D eigenvalue weighted by molar-refractivity contribution is 5.82. The lowest BCUT2D eigenvalue weighted by molar-refractivity contribution is -0.142. The third-order valence-electron chi connectivity index (χ3n) is 7.31. The van der Waals surface area contributed by atoms with Crippen LogP contribution >= 0.6 is 0 Å². The molecule has 3 aromatic rings. The van der Waals surface area contributed by atoms with Gasteiger partial charge in [0.1, 0.15) is 11.6 Å². The number of rotatable bonds is 6. The predicted octanol–water partition coefficient (Wildman–Crippen LogP) is 4.19. The van der Waals surface area contributed by atoms with Gasteiger partial charge in [-0.3, -0.25) is 9.59 Å². The summed E-state index contributed by atoms with van der Waals surface area (Å²) < 4.78 is 20.0. The molecule has 2 atom stereocenters. The Kier molecular flexibility index (Phi) is 7.68. The zero-order valence-electron chi connectivity index (χ0n) is 20.8. The van der Waals surface area contributed by atoms with Crippen LogP contribution in [0.1, 0.15) is 17.9 Å². The molecule has 7 heteroatoms. The maximum atomic E-state index is 14.2. The van der Waals surface area contributed by atoms with Gasteiger partial charge < -0.3 is 19.4 Å². The van der Waals surface area contributed by atoms with Crippen LogP contribution in [0.3, 0.4) is 0 Å². The highest BCUT2D eigenvalue weighted by atomic mass is 19.1. The summed E-state index contributed by atoms with van der Waals surface area (Å²) >= 11 is 0. The van der Waals surface area contributed by atoms with Gasteiger partial charge in [0.15, 0.2) is 6.61 Å². The number of piperidine rings is 1. The van der Waals surface area contributed by atoms with E-state index in [2.05, 4.69) is 12.1 Å². The van der Waals surface area contributed by atoms with Crippen molar-refractivity contribution in [1.29, 1.82) is 0 Å². The molecule has 2 amide bonds. The Bertz CT molecular complexity index is 1200. The molecule has 0 bridgehead atoms. The molecule has 3 aromatic carbocycles. The monoisotopic (exact) mass is 501 g/mol. The SMILES string of the molecule is O=C(COc1ccccc1)N1C[C@H](C(=O)N2CCN(c3ccccc3F)CC2)C[C@@H](c2ccccc2)C1. The normalized spacial score (nSPS) is 20.0. The molecule has 0 saturated carbocycles. The third-order valence-corrected chi connectivity index (χ3v) is 7.31.